The number of nitrogens with one attached hydrogen (secondary N) is 1. The number of nitrogens with zero attached hydrogens (tertiary/aromatic N) is 1. The summed E-state index contributed by atoms with van der Waals surface area (Å²) >= 11 is 0. The maximum absolute atomic E-state index is 13.2. The molecule has 1 unspecified atom stereocenters. The van der Waals surface area contributed by atoms with Crippen LogP contribution in [0.25, 0.3) is 0 Å². The maximum Gasteiger partial charge on any atom is 0.223 e. The Kier molecular flexibility index (Phi) is 8.36. The Morgan fingerprint density at radius 2 is 2.00 bits per heavy atom. The highest BCUT2D eigenvalue weighted by Crippen LogP contribution is 2.20. The Balaban J connectivity index is 0.00000288. The van der Waals surface area contributed by atoms with E-state index in [1.165, 1.54) is 18.2 Å². The summed E-state index contributed by atoms with van der Waals surface area (Å²) in [5.41, 5.74) is 0.332. The van der Waals surface area contributed by atoms with Crippen LogP contribution in [0.5, 0.6) is 0 Å². The number of hydrogen-bond donors (Lipinski definition) is 1. The molecule has 0 radical (unpaired) electrons. The molecule has 1 heterocycles. The summed E-state index contributed by atoms with van der Waals surface area (Å²) in [6.45, 7) is 4.23. The van der Waals surface area contributed by atoms with E-state index >= 15 is 0 Å². The largest absolute Gasteiger partial charge is 0.343 e. The van der Waals surface area contributed by atoms with Gasteiger partial charge in [-0.15, -0.1) is 12.4 Å². The zero-order chi connectivity index (χ0) is 16.8. The molecule has 6 heteroatoms. The summed E-state index contributed by atoms with van der Waals surface area (Å²) in [6.07, 6.45) is 2.18. The quantitative estimate of drug-likeness (QED) is 0.797. The number of amides is 1. The Labute approximate surface area is 149 Å². The van der Waals surface area contributed by atoms with E-state index in [4.69, 9.17) is 0 Å². The Hall–Kier alpha value is -1.46. The molecular weight excluding hydrogens is 331 g/mol. The first-order chi connectivity index (χ1) is 11.0. The molecule has 1 saturated heterocycles. The first kappa shape index (κ1) is 20.6. The highest BCUT2D eigenvalue weighted by molar-refractivity contribution is 5.99. The van der Waals surface area contributed by atoms with Gasteiger partial charge in [0.2, 0.25) is 5.91 Å². The van der Waals surface area contributed by atoms with E-state index < -0.39 is 11.7 Å². The van der Waals surface area contributed by atoms with E-state index in [2.05, 4.69) is 5.32 Å². The molecule has 0 aliphatic carbocycles. The van der Waals surface area contributed by atoms with E-state index in [-0.39, 0.29) is 30.5 Å². The number of halogens is 2. The lowest BCUT2D eigenvalue weighted by Gasteiger charge is -2.32. The number of carbonyl (C=O) groups excluding carboxylic acids is 2. The second-order valence-corrected chi connectivity index (χ2v) is 6.36. The SMILES string of the molecule is CNCC1CCN(C(=O)CC(C)C(=O)c2cccc(F)c2)CC1.Cl. The van der Waals surface area contributed by atoms with Crippen molar-refractivity contribution in [2.24, 2.45) is 11.8 Å². The minimum atomic E-state index is -0.431. The Bertz CT molecular complexity index is 560. The fraction of sp³-hybridized carbons (Fsp3) is 0.556. The summed E-state index contributed by atoms with van der Waals surface area (Å²) < 4.78 is 13.2. The van der Waals surface area contributed by atoms with Gasteiger partial charge in [-0.05, 0) is 44.5 Å². The smallest absolute Gasteiger partial charge is 0.223 e. The van der Waals surface area contributed by atoms with Crippen molar-refractivity contribution in [2.45, 2.75) is 26.2 Å². The van der Waals surface area contributed by atoms with Gasteiger partial charge >= 0.3 is 0 Å². The molecule has 4 nitrogen and oxygen atoms in total. The van der Waals surface area contributed by atoms with Gasteiger partial charge < -0.3 is 10.2 Å². The number of benzene rings is 1. The molecule has 0 saturated carbocycles. The lowest BCUT2D eigenvalue weighted by atomic mass is 9.93. The molecule has 1 aromatic rings. The number of Topliss-reactive ketones (excluding diaryl/α,β-unsaturated/α-hetero) is 1. The standard InChI is InChI=1S/C18H25FN2O2.ClH/c1-13(18(23)15-4-3-5-16(19)11-15)10-17(22)21-8-6-14(7-9-21)12-20-2;/h3-5,11,13-14,20H,6-10,12H2,1-2H3;1H. The number of hydrogen-bond acceptors (Lipinski definition) is 3. The van der Waals surface area contributed by atoms with Crippen molar-refractivity contribution in [3.63, 3.8) is 0 Å². The molecule has 0 bridgehead atoms. The normalized spacial score (nSPS) is 16.4. The maximum atomic E-state index is 13.2. The molecule has 1 aliphatic heterocycles. The van der Waals surface area contributed by atoms with E-state index in [1.807, 2.05) is 11.9 Å². The number of ketones is 1. The van der Waals surface area contributed by atoms with Gasteiger partial charge in [0.1, 0.15) is 5.82 Å². The van der Waals surface area contributed by atoms with Crippen molar-refractivity contribution in [3.05, 3.63) is 35.6 Å². The lowest BCUT2D eigenvalue weighted by Crippen LogP contribution is -2.41. The number of likely N-dealkylation sites (tertiary alicyclic amines) is 1. The van der Waals surface area contributed by atoms with Crippen LogP contribution >= 0.6 is 12.4 Å². The first-order valence-corrected chi connectivity index (χ1v) is 8.23. The summed E-state index contributed by atoms with van der Waals surface area (Å²) in [4.78, 5) is 26.5. The molecule has 1 fully saturated rings. The zero-order valence-corrected chi connectivity index (χ0v) is 15.1. The molecule has 0 spiro atoms. The minimum Gasteiger partial charge on any atom is -0.343 e. The molecule has 1 amide bonds. The fourth-order valence-corrected chi connectivity index (χ4v) is 3.09. The van der Waals surface area contributed by atoms with Crippen molar-refractivity contribution in [2.75, 3.05) is 26.7 Å². The van der Waals surface area contributed by atoms with Gasteiger partial charge in [0.05, 0.1) is 0 Å². The summed E-state index contributed by atoms with van der Waals surface area (Å²) in [5, 5.41) is 3.17. The minimum absolute atomic E-state index is 0. The third kappa shape index (κ3) is 5.56. The molecule has 2 rings (SSSR count). The topological polar surface area (TPSA) is 49.4 Å². The zero-order valence-electron chi connectivity index (χ0n) is 14.3. The monoisotopic (exact) mass is 356 g/mol. The number of rotatable bonds is 6. The summed E-state index contributed by atoms with van der Waals surface area (Å²) in [7, 11) is 1.94. The number of carbonyl (C=O) groups is 2. The van der Waals surface area contributed by atoms with Gasteiger partial charge in [-0.3, -0.25) is 9.59 Å². The molecule has 1 aliphatic rings. The third-order valence-corrected chi connectivity index (χ3v) is 4.50. The van der Waals surface area contributed by atoms with Crippen LogP contribution in [-0.2, 0) is 4.79 Å². The summed E-state index contributed by atoms with van der Waals surface area (Å²) in [6, 6.07) is 5.65. The Morgan fingerprint density at radius 3 is 2.58 bits per heavy atom. The van der Waals surface area contributed by atoms with Gasteiger partial charge in [0.25, 0.3) is 0 Å². The second-order valence-electron chi connectivity index (χ2n) is 6.36. The number of piperidine rings is 1. The first-order valence-electron chi connectivity index (χ1n) is 8.23. The highest BCUT2D eigenvalue weighted by Gasteiger charge is 2.25. The van der Waals surface area contributed by atoms with Gasteiger partial charge in [-0.25, -0.2) is 4.39 Å². The highest BCUT2D eigenvalue weighted by atomic mass is 35.5. The second kappa shape index (κ2) is 9.74. The van der Waals surface area contributed by atoms with Crippen molar-refractivity contribution in [3.8, 4) is 0 Å². The predicted octanol–water partition coefficient (Wildman–Crippen LogP) is 2.91. The van der Waals surface area contributed by atoms with Crippen LogP contribution in [0.3, 0.4) is 0 Å². The molecule has 1 aromatic carbocycles. The van der Waals surface area contributed by atoms with Crippen LogP contribution in [0.2, 0.25) is 0 Å². The van der Waals surface area contributed by atoms with Gasteiger partial charge in [-0.1, -0.05) is 19.1 Å². The van der Waals surface area contributed by atoms with Crippen LogP contribution < -0.4 is 5.32 Å². The molecule has 1 atom stereocenters. The third-order valence-electron chi connectivity index (χ3n) is 4.50. The van der Waals surface area contributed by atoms with Gasteiger partial charge in [0.15, 0.2) is 5.78 Å². The van der Waals surface area contributed by atoms with Crippen molar-refractivity contribution in [1.82, 2.24) is 10.2 Å². The van der Waals surface area contributed by atoms with Crippen LogP contribution in [0, 0.1) is 17.7 Å². The molecule has 24 heavy (non-hydrogen) atoms. The average Bonchev–Trinajstić information content (AvgIpc) is 2.55. The summed E-state index contributed by atoms with van der Waals surface area (Å²) in [5.74, 6) is -0.399. The van der Waals surface area contributed by atoms with Crippen LogP contribution in [-0.4, -0.2) is 43.3 Å². The van der Waals surface area contributed by atoms with Crippen molar-refractivity contribution in [1.29, 1.82) is 0 Å². The van der Waals surface area contributed by atoms with Gasteiger partial charge in [0, 0.05) is 31.0 Å². The van der Waals surface area contributed by atoms with Crippen LogP contribution in [0.4, 0.5) is 4.39 Å². The fourth-order valence-electron chi connectivity index (χ4n) is 3.09. The van der Waals surface area contributed by atoms with Crippen LogP contribution in [0.1, 0.15) is 36.5 Å². The van der Waals surface area contributed by atoms with Crippen molar-refractivity contribution < 1.29 is 14.0 Å². The molecule has 0 aromatic heterocycles. The van der Waals surface area contributed by atoms with E-state index in [0.717, 1.165) is 32.5 Å². The van der Waals surface area contributed by atoms with E-state index in [9.17, 15) is 14.0 Å². The lowest BCUT2D eigenvalue weighted by molar-refractivity contribution is -0.133. The van der Waals surface area contributed by atoms with Crippen LogP contribution in [0.15, 0.2) is 24.3 Å². The predicted molar refractivity (Wildman–Crippen MR) is 95.0 cm³/mol. The molecule has 134 valence electrons. The van der Waals surface area contributed by atoms with Crippen molar-refractivity contribution >= 4 is 24.1 Å². The van der Waals surface area contributed by atoms with E-state index in [0.29, 0.717) is 11.5 Å². The Morgan fingerprint density at radius 1 is 1.33 bits per heavy atom. The molecule has 1 N–H and O–H groups in total. The average molecular weight is 357 g/mol. The van der Waals surface area contributed by atoms with Gasteiger partial charge in [-0.2, -0.15) is 0 Å². The molecular formula is C18H26ClFN2O2. The van der Waals surface area contributed by atoms with E-state index in [1.54, 1.807) is 13.0 Å².